The number of methoxy groups -OCH3 is 2. The third kappa shape index (κ3) is 5.32. The summed E-state index contributed by atoms with van der Waals surface area (Å²) < 4.78 is 11.1. The fourth-order valence-electron chi connectivity index (χ4n) is 4.76. The molecular formula is C29H32N2O4. The normalized spacial score (nSPS) is 17.2. The average Bonchev–Trinajstić information content (AvgIpc) is 3.33. The lowest BCUT2D eigenvalue weighted by atomic mass is 9.87. The molecule has 1 fully saturated rings. The summed E-state index contributed by atoms with van der Waals surface area (Å²) in [6, 6.07) is 23.1. The molecule has 1 aliphatic heterocycles. The number of benzene rings is 3. The largest absolute Gasteiger partial charge is 0.497 e. The summed E-state index contributed by atoms with van der Waals surface area (Å²) in [5, 5.41) is 0. The Hall–Kier alpha value is -3.80. The molecule has 6 nitrogen and oxygen atoms in total. The topological polar surface area (TPSA) is 59.1 Å². The number of likely N-dealkylation sites (tertiary alicyclic amines) is 1. The van der Waals surface area contributed by atoms with Crippen molar-refractivity contribution < 1.29 is 19.1 Å². The second-order valence-corrected chi connectivity index (χ2v) is 9.08. The number of carbonyl (C=O) groups excluding carboxylic acids is 2. The van der Waals surface area contributed by atoms with E-state index in [1.165, 1.54) is 0 Å². The smallest absolute Gasteiger partial charge is 0.253 e. The lowest BCUT2D eigenvalue weighted by Crippen LogP contribution is -2.36. The van der Waals surface area contributed by atoms with Crippen molar-refractivity contribution in [3.63, 3.8) is 0 Å². The predicted octanol–water partition coefficient (Wildman–Crippen LogP) is 4.53. The molecular weight excluding hydrogens is 440 g/mol. The fourth-order valence-corrected chi connectivity index (χ4v) is 4.76. The van der Waals surface area contributed by atoms with E-state index in [0.717, 1.165) is 16.7 Å². The number of hydrogen-bond acceptors (Lipinski definition) is 4. The first-order valence-electron chi connectivity index (χ1n) is 11.8. The van der Waals surface area contributed by atoms with Crippen LogP contribution in [0.1, 0.15) is 33.0 Å². The van der Waals surface area contributed by atoms with Crippen molar-refractivity contribution in [3.8, 4) is 11.5 Å². The second-order valence-electron chi connectivity index (χ2n) is 9.08. The van der Waals surface area contributed by atoms with Gasteiger partial charge < -0.3 is 19.3 Å². The summed E-state index contributed by atoms with van der Waals surface area (Å²) in [5.41, 5.74) is 3.65. The van der Waals surface area contributed by atoms with Crippen molar-refractivity contribution in [1.82, 2.24) is 9.80 Å². The highest BCUT2D eigenvalue weighted by Gasteiger charge is 2.43. The molecule has 2 atom stereocenters. The molecule has 0 N–H and O–H groups in total. The standard InChI is InChI=1S/C29H32N2O4/c1-20-10-12-22(13-11-20)28(32)31-18-25(24-16-23(34-3)14-15-27(24)35-4)26(19-31)29(33)30(2)17-21-8-6-5-7-9-21/h5-16,25-26H,17-19H2,1-4H3/t25-,26+/m1/s1. The van der Waals surface area contributed by atoms with Gasteiger partial charge in [0, 0.05) is 43.7 Å². The first-order valence-corrected chi connectivity index (χ1v) is 11.8. The number of carbonyl (C=O) groups is 2. The van der Waals surface area contributed by atoms with Crippen molar-refractivity contribution in [2.45, 2.75) is 19.4 Å². The molecule has 182 valence electrons. The Balaban J connectivity index is 1.66. The molecule has 1 saturated heterocycles. The van der Waals surface area contributed by atoms with Gasteiger partial charge in [-0.15, -0.1) is 0 Å². The Morgan fingerprint density at radius 1 is 0.943 bits per heavy atom. The van der Waals surface area contributed by atoms with Crippen LogP contribution in [0.5, 0.6) is 11.5 Å². The van der Waals surface area contributed by atoms with Gasteiger partial charge in [-0.25, -0.2) is 0 Å². The van der Waals surface area contributed by atoms with E-state index < -0.39 is 5.92 Å². The highest BCUT2D eigenvalue weighted by atomic mass is 16.5. The van der Waals surface area contributed by atoms with E-state index >= 15 is 0 Å². The lowest BCUT2D eigenvalue weighted by molar-refractivity contribution is -0.134. The zero-order valence-corrected chi connectivity index (χ0v) is 20.7. The van der Waals surface area contributed by atoms with Crippen molar-refractivity contribution in [1.29, 1.82) is 0 Å². The van der Waals surface area contributed by atoms with Gasteiger partial charge in [0.05, 0.1) is 20.1 Å². The molecule has 6 heteroatoms. The quantitative estimate of drug-likeness (QED) is 0.507. The van der Waals surface area contributed by atoms with Crippen LogP contribution in [-0.4, -0.2) is 56.0 Å². The molecule has 0 aliphatic carbocycles. The summed E-state index contributed by atoms with van der Waals surface area (Å²) in [7, 11) is 5.05. The molecule has 0 aromatic heterocycles. The number of aryl methyl sites for hydroxylation is 1. The average molecular weight is 473 g/mol. The van der Waals surface area contributed by atoms with Gasteiger partial charge in [0.1, 0.15) is 11.5 Å². The van der Waals surface area contributed by atoms with Crippen LogP contribution in [0, 0.1) is 12.8 Å². The predicted molar refractivity (Wildman–Crippen MR) is 136 cm³/mol. The maximum atomic E-state index is 13.8. The number of hydrogen-bond donors (Lipinski definition) is 0. The maximum Gasteiger partial charge on any atom is 0.253 e. The summed E-state index contributed by atoms with van der Waals surface area (Å²) in [6.45, 7) is 3.26. The minimum absolute atomic E-state index is 0.00271. The molecule has 0 saturated carbocycles. The van der Waals surface area contributed by atoms with Gasteiger partial charge in [0.2, 0.25) is 5.91 Å². The number of amides is 2. The van der Waals surface area contributed by atoms with E-state index in [1.807, 2.05) is 86.8 Å². The van der Waals surface area contributed by atoms with Crippen LogP contribution >= 0.6 is 0 Å². The monoisotopic (exact) mass is 472 g/mol. The highest BCUT2D eigenvalue weighted by molar-refractivity contribution is 5.95. The molecule has 1 aliphatic rings. The van der Waals surface area contributed by atoms with E-state index in [9.17, 15) is 9.59 Å². The Kier molecular flexibility index (Phi) is 7.39. The van der Waals surface area contributed by atoms with Gasteiger partial charge in [-0.05, 0) is 42.8 Å². The fraction of sp³-hybridized carbons (Fsp3) is 0.310. The minimum Gasteiger partial charge on any atom is -0.497 e. The van der Waals surface area contributed by atoms with E-state index in [0.29, 0.717) is 36.7 Å². The molecule has 0 bridgehead atoms. The van der Waals surface area contributed by atoms with Crippen LogP contribution in [0.4, 0.5) is 0 Å². The zero-order chi connectivity index (χ0) is 24.9. The van der Waals surface area contributed by atoms with Gasteiger partial charge >= 0.3 is 0 Å². The van der Waals surface area contributed by atoms with Crippen LogP contribution in [0.15, 0.2) is 72.8 Å². The number of nitrogens with zero attached hydrogens (tertiary/aromatic N) is 2. The zero-order valence-electron chi connectivity index (χ0n) is 20.7. The lowest BCUT2D eigenvalue weighted by Gasteiger charge is -2.25. The van der Waals surface area contributed by atoms with Crippen LogP contribution in [0.2, 0.25) is 0 Å². The van der Waals surface area contributed by atoms with Crippen LogP contribution in [0.3, 0.4) is 0 Å². The van der Waals surface area contributed by atoms with Crippen molar-refractivity contribution in [3.05, 3.63) is 95.1 Å². The number of rotatable bonds is 7. The molecule has 4 rings (SSSR count). The molecule has 3 aromatic carbocycles. The number of ether oxygens (including phenoxy) is 2. The molecule has 35 heavy (non-hydrogen) atoms. The van der Waals surface area contributed by atoms with Crippen LogP contribution < -0.4 is 9.47 Å². The Morgan fingerprint density at radius 3 is 2.31 bits per heavy atom. The van der Waals surface area contributed by atoms with E-state index in [1.54, 1.807) is 24.0 Å². The van der Waals surface area contributed by atoms with Gasteiger partial charge in [-0.3, -0.25) is 9.59 Å². The molecule has 1 heterocycles. The molecule has 3 aromatic rings. The minimum atomic E-state index is -0.404. The summed E-state index contributed by atoms with van der Waals surface area (Å²) in [6.07, 6.45) is 0. The van der Waals surface area contributed by atoms with Crippen LogP contribution in [-0.2, 0) is 11.3 Å². The van der Waals surface area contributed by atoms with Crippen molar-refractivity contribution in [2.24, 2.45) is 5.92 Å². The van der Waals surface area contributed by atoms with Crippen LogP contribution in [0.25, 0.3) is 0 Å². The van der Waals surface area contributed by atoms with Gasteiger partial charge in [-0.2, -0.15) is 0 Å². The first kappa shape index (κ1) is 24.3. The summed E-state index contributed by atoms with van der Waals surface area (Å²) in [4.78, 5) is 30.7. The molecule has 0 unspecified atom stereocenters. The second kappa shape index (κ2) is 10.6. The summed E-state index contributed by atoms with van der Waals surface area (Å²) in [5.74, 6) is 0.678. The van der Waals surface area contributed by atoms with Crippen molar-refractivity contribution in [2.75, 3.05) is 34.4 Å². The van der Waals surface area contributed by atoms with E-state index in [2.05, 4.69) is 0 Å². The van der Waals surface area contributed by atoms with Gasteiger partial charge in [0.25, 0.3) is 5.91 Å². The summed E-state index contributed by atoms with van der Waals surface area (Å²) >= 11 is 0. The maximum absolute atomic E-state index is 13.8. The highest BCUT2D eigenvalue weighted by Crippen LogP contribution is 2.40. The molecule has 0 spiro atoms. The van der Waals surface area contributed by atoms with Gasteiger partial charge in [-0.1, -0.05) is 48.0 Å². The first-order chi connectivity index (χ1) is 16.9. The third-order valence-corrected chi connectivity index (χ3v) is 6.70. The van der Waals surface area contributed by atoms with E-state index in [4.69, 9.17) is 9.47 Å². The Labute approximate surface area is 207 Å². The Morgan fingerprint density at radius 2 is 1.66 bits per heavy atom. The molecule has 2 amide bonds. The third-order valence-electron chi connectivity index (χ3n) is 6.70. The molecule has 0 radical (unpaired) electrons. The van der Waals surface area contributed by atoms with Crippen molar-refractivity contribution >= 4 is 11.8 Å². The Bertz CT molecular complexity index is 1180. The van der Waals surface area contributed by atoms with E-state index in [-0.39, 0.29) is 17.7 Å². The van der Waals surface area contributed by atoms with Gasteiger partial charge in [0.15, 0.2) is 0 Å². The SMILES string of the molecule is COc1ccc(OC)c([C@H]2CN(C(=O)c3ccc(C)cc3)C[C@@H]2C(=O)N(C)Cc2ccccc2)c1.